The van der Waals surface area contributed by atoms with Crippen LogP contribution in [0.5, 0.6) is 0 Å². The molecule has 0 aromatic carbocycles. The van der Waals surface area contributed by atoms with E-state index in [0.717, 1.165) is 14.4 Å². The van der Waals surface area contributed by atoms with Crippen LogP contribution in [0.4, 0.5) is 0 Å². The van der Waals surface area contributed by atoms with E-state index in [1.54, 1.807) is 24.7 Å². The highest BCUT2D eigenvalue weighted by molar-refractivity contribution is 9.10. The van der Waals surface area contributed by atoms with Gasteiger partial charge in [-0.05, 0) is 34.1 Å². The summed E-state index contributed by atoms with van der Waals surface area (Å²) in [4.78, 5) is 9.11. The first-order valence-electron chi connectivity index (χ1n) is 4.74. The standard InChI is InChI=1S/C11H9BrN4S/c12-7-1-2-10(16-5-7)17-9-6-15-4-3-8(9)11(13)14/h1-6H,(H3,13,14). The predicted octanol–water partition coefficient (Wildman–Crippen LogP) is 2.67. The molecule has 0 saturated carbocycles. The molecule has 0 fully saturated rings. The first-order chi connectivity index (χ1) is 8.16. The molecule has 0 atom stereocenters. The Hall–Kier alpha value is -1.40. The van der Waals surface area contributed by atoms with Crippen LogP contribution in [0, 0.1) is 5.41 Å². The third kappa shape index (κ3) is 3.04. The first kappa shape index (κ1) is 12.1. The van der Waals surface area contributed by atoms with Crippen LogP contribution in [0.1, 0.15) is 5.56 Å². The number of nitrogens with zero attached hydrogens (tertiary/aromatic N) is 2. The number of halogens is 1. The smallest absolute Gasteiger partial charge is 0.124 e. The molecular formula is C11H9BrN4S. The molecule has 0 amide bonds. The van der Waals surface area contributed by atoms with E-state index in [1.807, 2.05) is 12.1 Å². The van der Waals surface area contributed by atoms with Crippen molar-refractivity contribution >= 4 is 33.5 Å². The summed E-state index contributed by atoms with van der Waals surface area (Å²) >= 11 is 4.77. The molecule has 0 aliphatic carbocycles. The normalized spacial score (nSPS) is 10.2. The van der Waals surface area contributed by atoms with Gasteiger partial charge in [-0.25, -0.2) is 4.98 Å². The fourth-order valence-electron chi connectivity index (χ4n) is 1.22. The second-order valence-electron chi connectivity index (χ2n) is 3.20. The predicted molar refractivity (Wildman–Crippen MR) is 71.3 cm³/mol. The largest absolute Gasteiger partial charge is 0.384 e. The van der Waals surface area contributed by atoms with Crippen LogP contribution in [-0.4, -0.2) is 15.8 Å². The van der Waals surface area contributed by atoms with Crippen molar-refractivity contribution in [1.29, 1.82) is 5.41 Å². The highest BCUT2D eigenvalue weighted by Gasteiger charge is 2.07. The fourth-order valence-corrected chi connectivity index (χ4v) is 2.32. The number of nitrogens with two attached hydrogens (primary N) is 1. The highest BCUT2D eigenvalue weighted by atomic mass is 79.9. The van der Waals surface area contributed by atoms with E-state index in [-0.39, 0.29) is 5.84 Å². The molecule has 0 spiro atoms. The molecule has 3 N–H and O–H groups in total. The molecule has 0 aliphatic heterocycles. The number of nitrogens with one attached hydrogen (secondary N) is 1. The Labute approximate surface area is 111 Å². The number of pyridine rings is 2. The topological polar surface area (TPSA) is 75.7 Å². The third-order valence-corrected chi connectivity index (χ3v) is 3.45. The van der Waals surface area contributed by atoms with Crippen molar-refractivity contribution in [3.8, 4) is 0 Å². The van der Waals surface area contributed by atoms with E-state index in [9.17, 15) is 0 Å². The minimum absolute atomic E-state index is 0.0343. The Morgan fingerprint density at radius 1 is 1.29 bits per heavy atom. The second-order valence-corrected chi connectivity index (χ2v) is 5.18. The summed E-state index contributed by atoms with van der Waals surface area (Å²) in [6.45, 7) is 0. The molecule has 86 valence electrons. The average Bonchev–Trinajstić information content (AvgIpc) is 2.32. The Balaban J connectivity index is 2.30. The number of nitrogen functional groups attached to an aromatic ring is 1. The van der Waals surface area contributed by atoms with Crippen LogP contribution in [0.2, 0.25) is 0 Å². The zero-order chi connectivity index (χ0) is 12.3. The van der Waals surface area contributed by atoms with Gasteiger partial charge < -0.3 is 5.73 Å². The number of amidine groups is 1. The van der Waals surface area contributed by atoms with Crippen molar-refractivity contribution in [3.05, 3.63) is 46.8 Å². The van der Waals surface area contributed by atoms with Crippen molar-refractivity contribution in [2.75, 3.05) is 0 Å². The van der Waals surface area contributed by atoms with Crippen molar-refractivity contribution in [2.45, 2.75) is 9.92 Å². The van der Waals surface area contributed by atoms with Crippen molar-refractivity contribution < 1.29 is 0 Å². The molecule has 17 heavy (non-hydrogen) atoms. The molecule has 0 saturated heterocycles. The lowest BCUT2D eigenvalue weighted by molar-refractivity contribution is 1.11. The molecule has 2 aromatic heterocycles. The van der Waals surface area contributed by atoms with Gasteiger partial charge in [0.25, 0.3) is 0 Å². The lowest BCUT2D eigenvalue weighted by Gasteiger charge is -2.06. The van der Waals surface area contributed by atoms with E-state index in [0.29, 0.717) is 5.56 Å². The molecule has 0 bridgehead atoms. The first-order valence-corrected chi connectivity index (χ1v) is 6.35. The minimum atomic E-state index is 0.0343. The molecule has 2 aromatic rings. The maximum absolute atomic E-state index is 7.48. The van der Waals surface area contributed by atoms with Gasteiger partial charge in [-0.2, -0.15) is 0 Å². The van der Waals surface area contributed by atoms with Gasteiger partial charge in [0, 0.05) is 33.5 Å². The molecular weight excluding hydrogens is 300 g/mol. The van der Waals surface area contributed by atoms with E-state index in [1.165, 1.54) is 11.8 Å². The number of hydrogen-bond acceptors (Lipinski definition) is 4. The third-order valence-electron chi connectivity index (χ3n) is 1.99. The fraction of sp³-hybridized carbons (Fsp3) is 0. The summed E-state index contributed by atoms with van der Waals surface area (Å²) in [5.41, 5.74) is 6.18. The van der Waals surface area contributed by atoms with E-state index < -0.39 is 0 Å². The molecule has 0 radical (unpaired) electrons. The number of aromatic nitrogens is 2. The van der Waals surface area contributed by atoms with Crippen LogP contribution in [-0.2, 0) is 0 Å². The maximum Gasteiger partial charge on any atom is 0.124 e. The Bertz CT molecular complexity index is 541. The quantitative estimate of drug-likeness (QED) is 0.675. The Morgan fingerprint density at radius 3 is 2.76 bits per heavy atom. The molecule has 2 heterocycles. The maximum atomic E-state index is 7.48. The Kier molecular flexibility index (Phi) is 3.75. The van der Waals surface area contributed by atoms with E-state index in [4.69, 9.17) is 11.1 Å². The lowest BCUT2D eigenvalue weighted by atomic mass is 10.2. The average molecular weight is 309 g/mol. The van der Waals surface area contributed by atoms with Gasteiger partial charge in [0.05, 0.1) is 0 Å². The molecule has 0 unspecified atom stereocenters. The SMILES string of the molecule is N=C(N)c1ccncc1Sc1ccc(Br)cn1. The van der Waals surface area contributed by atoms with Gasteiger partial charge in [-0.3, -0.25) is 10.4 Å². The number of rotatable bonds is 3. The van der Waals surface area contributed by atoms with Crippen molar-refractivity contribution in [1.82, 2.24) is 9.97 Å². The highest BCUT2D eigenvalue weighted by Crippen LogP contribution is 2.28. The van der Waals surface area contributed by atoms with E-state index >= 15 is 0 Å². The van der Waals surface area contributed by atoms with Gasteiger partial charge >= 0.3 is 0 Å². The van der Waals surface area contributed by atoms with Crippen molar-refractivity contribution in [2.24, 2.45) is 5.73 Å². The van der Waals surface area contributed by atoms with Crippen LogP contribution >= 0.6 is 27.7 Å². The van der Waals surface area contributed by atoms with E-state index in [2.05, 4.69) is 25.9 Å². The zero-order valence-electron chi connectivity index (χ0n) is 8.72. The van der Waals surface area contributed by atoms with Crippen LogP contribution < -0.4 is 5.73 Å². The molecule has 4 nitrogen and oxygen atoms in total. The summed E-state index contributed by atoms with van der Waals surface area (Å²) < 4.78 is 0.930. The summed E-state index contributed by atoms with van der Waals surface area (Å²) in [7, 11) is 0. The minimum Gasteiger partial charge on any atom is -0.384 e. The molecule has 0 aliphatic rings. The summed E-state index contributed by atoms with van der Waals surface area (Å²) in [6, 6.07) is 5.54. The van der Waals surface area contributed by atoms with Crippen LogP contribution in [0.15, 0.2) is 51.2 Å². The Morgan fingerprint density at radius 2 is 2.12 bits per heavy atom. The van der Waals surface area contributed by atoms with Gasteiger partial charge in [0.15, 0.2) is 0 Å². The monoisotopic (exact) mass is 308 g/mol. The lowest BCUT2D eigenvalue weighted by Crippen LogP contribution is -2.12. The molecule has 2 rings (SSSR count). The second kappa shape index (κ2) is 5.29. The van der Waals surface area contributed by atoms with Crippen molar-refractivity contribution in [3.63, 3.8) is 0 Å². The summed E-state index contributed by atoms with van der Waals surface area (Å²) in [6.07, 6.45) is 5.03. The van der Waals surface area contributed by atoms with Gasteiger partial charge in [-0.15, -0.1) is 0 Å². The van der Waals surface area contributed by atoms with Gasteiger partial charge in [0.1, 0.15) is 10.9 Å². The van der Waals surface area contributed by atoms with Crippen LogP contribution in [0.3, 0.4) is 0 Å². The molecule has 6 heteroatoms. The van der Waals surface area contributed by atoms with Gasteiger partial charge in [-0.1, -0.05) is 11.8 Å². The summed E-state index contributed by atoms with van der Waals surface area (Å²) in [5.74, 6) is 0.0343. The zero-order valence-corrected chi connectivity index (χ0v) is 11.1. The number of hydrogen-bond donors (Lipinski definition) is 2. The van der Waals surface area contributed by atoms with Gasteiger partial charge in [0.2, 0.25) is 0 Å². The van der Waals surface area contributed by atoms with Crippen LogP contribution in [0.25, 0.3) is 0 Å². The summed E-state index contributed by atoms with van der Waals surface area (Å²) in [5, 5.41) is 8.32.